The third kappa shape index (κ3) is 2.92. The van der Waals surface area contributed by atoms with E-state index in [1.54, 1.807) is 11.0 Å². The molecule has 0 unspecified atom stereocenters. The van der Waals surface area contributed by atoms with Gasteiger partial charge in [0.25, 0.3) is 11.8 Å². The topological polar surface area (TPSA) is 131 Å². The number of nitrogens with one attached hydrogen (secondary N) is 1. The Hall–Kier alpha value is -3.23. The number of pyridine rings is 1. The molecule has 9 nitrogen and oxygen atoms in total. The molecule has 0 spiro atoms. The first-order valence-corrected chi connectivity index (χ1v) is 8.22. The van der Waals surface area contributed by atoms with Gasteiger partial charge >= 0.3 is 0 Å². The van der Waals surface area contributed by atoms with E-state index in [1.807, 2.05) is 0 Å². The molecule has 1 aliphatic heterocycles. The smallest absolute Gasteiger partial charge is 0.267 e. The predicted molar refractivity (Wildman–Crippen MR) is 87.8 cm³/mol. The number of aromatic nitrogens is 2. The van der Waals surface area contributed by atoms with Crippen molar-refractivity contribution in [3.05, 3.63) is 47.6 Å². The molecule has 1 saturated carbocycles. The summed E-state index contributed by atoms with van der Waals surface area (Å²) in [6, 6.07) is 4.59. The van der Waals surface area contributed by atoms with Gasteiger partial charge in [0.05, 0.1) is 23.7 Å². The molecule has 26 heavy (non-hydrogen) atoms. The van der Waals surface area contributed by atoms with E-state index >= 15 is 0 Å². The van der Waals surface area contributed by atoms with Gasteiger partial charge in [0.15, 0.2) is 0 Å². The van der Waals surface area contributed by atoms with Crippen LogP contribution in [0.5, 0.6) is 0 Å². The van der Waals surface area contributed by atoms with Gasteiger partial charge in [0, 0.05) is 31.3 Å². The highest BCUT2D eigenvalue weighted by Gasteiger charge is 2.61. The first-order valence-electron chi connectivity index (χ1n) is 8.22. The number of amides is 3. The Kier molecular flexibility index (Phi) is 3.71. The minimum atomic E-state index is -0.644. The van der Waals surface area contributed by atoms with Crippen LogP contribution < -0.4 is 11.1 Å². The van der Waals surface area contributed by atoms with Crippen LogP contribution in [0.1, 0.15) is 33.0 Å². The monoisotopic (exact) mass is 355 g/mol. The summed E-state index contributed by atoms with van der Waals surface area (Å²) in [7, 11) is 0. The number of rotatable bonds is 5. The fraction of sp³-hybridized carbons (Fsp3) is 0.353. The minimum Gasteiger partial charge on any atom is -0.364 e. The standard InChI is InChI=1S/C17H17N5O4/c18-15(24)13-2-1-10(7-19-13)16(25)21-17-6-11(17)8-22(9-17)14(23)5-12-3-4-20-26-12/h1-4,7,11H,5-6,8-9H2,(H2,18,24)(H,21,25)/t11-,17-/m0/s1. The van der Waals surface area contributed by atoms with E-state index in [9.17, 15) is 14.4 Å². The molecule has 2 aromatic heterocycles. The van der Waals surface area contributed by atoms with E-state index in [4.69, 9.17) is 10.3 Å². The van der Waals surface area contributed by atoms with Gasteiger partial charge in [-0.15, -0.1) is 0 Å². The molecule has 1 aliphatic carbocycles. The normalized spacial score (nSPS) is 23.4. The highest BCUT2D eigenvalue weighted by Crippen LogP contribution is 2.49. The summed E-state index contributed by atoms with van der Waals surface area (Å²) in [5, 5.41) is 6.60. The predicted octanol–water partition coefficient (Wildman–Crippen LogP) is -0.258. The number of hydrogen-bond donors (Lipinski definition) is 2. The fourth-order valence-electron chi connectivity index (χ4n) is 3.43. The molecule has 134 valence electrons. The molecule has 0 bridgehead atoms. The van der Waals surface area contributed by atoms with Gasteiger partial charge < -0.3 is 20.5 Å². The minimum absolute atomic E-state index is 0.0462. The average molecular weight is 355 g/mol. The Morgan fingerprint density at radius 2 is 2.19 bits per heavy atom. The van der Waals surface area contributed by atoms with E-state index in [0.29, 0.717) is 24.4 Å². The van der Waals surface area contributed by atoms with Crippen LogP contribution in [0.3, 0.4) is 0 Å². The number of hydrogen-bond acceptors (Lipinski definition) is 6. The number of nitrogens with zero attached hydrogens (tertiary/aromatic N) is 3. The molecule has 0 radical (unpaired) electrons. The second kappa shape index (κ2) is 5.94. The van der Waals surface area contributed by atoms with E-state index in [2.05, 4.69) is 15.5 Å². The van der Waals surface area contributed by atoms with Crippen molar-refractivity contribution in [3.63, 3.8) is 0 Å². The Labute approximate surface area is 148 Å². The van der Waals surface area contributed by atoms with Crippen molar-refractivity contribution in [2.24, 2.45) is 11.7 Å². The number of fused-ring (bicyclic) bond motifs is 1. The number of primary amides is 1. The lowest BCUT2D eigenvalue weighted by atomic mass is 10.2. The maximum absolute atomic E-state index is 12.5. The number of carbonyl (C=O) groups is 3. The largest absolute Gasteiger partial charge is 0.364 e. The Bertz CT molecular complexity index is 864. The molecular formula is C17H17N5O4. The molecule has 3 amide bonds. The van der Waals surface area contributed by atoms with Crippen molar-refractivity contribution in [2.45, 2.75) is 18.4 Å². The van der Waals surface area contributed by atoms with Gasteiger partial charge in [-0.1, -0.05) is 5.16 Å². The van der Waals surface area contributed by atoms with Crippen molar-refractivity contribution in [3.8, 4) is 0 Å². The zero-order valence-corrected chi connectivity index (χ0v) is 13.8. The SMILES string of the molecule is NC(=O)c1ccc(C(=O)N[C@]23C[C@H]2CN(C(=O)Cc2ccno2)C3)cn1. The summed E-state index contributed by atoms with van der Waals surface area (Å²) in [6.07, 6.45) is 3.83. The quantitative estimate of drug-likeness (QED) is 0.760. The first-order chi connectivity index (χ1) is 12.5. The van der Waals surface area contributed by atoms with Gasteiger partial charge in [0.1, 0.15) is 11.5 Å². The van der Waals surface area contributed by atoms with Gasteiger partial charge in [-0.2, -0.15) is 0 Å². The molecule has 2 aliphatic rings. The van der Waals surface area contributed by atoms with Crippen molar-refractivity contribution in [2.75, 3.05) is 13.1 Å². The lowest BCUT2D eigenvalue weighted by Gasteiger charge is -2.21. The Morgan fingerprint density at radius 1 is 1.35 bits per heavy atom. The Balaban J connectivity index is 1.37. The molecule has 0 aromatic carbocycles. The highest BCUT2D eigenvalue weighted by atomic mass is 16.5. The molecule has 3 N–H and O–H groups in total. The van der Waals surface area contributed by atoms with E-state index in [0.717, 1.165) is 6.42 Å². The van der Waals surface area contributed by atoms with Crippen LogP contribution >= 0.6 is 0 Å². The lowest BCUT2D eigenvalue weighted by Crippen LogP contribution is -2.44. The van der Waals surface area contributed by atoms with Gasteiger partial charge in [-0.3, -0.25) is 19.4 Å². The van der Waals surface area contributed by atoms with Crippen molar-refractivity contribution in [1.82, 2.24) is 20.4 Å². The number of nitrogens with two attached hydrogens (primary N) is 1. The molecule has 2 fully saturated rings. The maximum atomic E-state index is 12.5. The van der Waals surface area contributed by atoms with Crippen LogP contribution in [0, 0.1) is 5.92 Å². The maximum Gasteiger partial charge on any atom is 0.267 e. The zero-order valence-electron chi connectivity index (χ0n) is 13.8. The second-order valence-corrected chi connectivity index (χ2v) is 6.74. The van der Waals surface area contributed by atoms with E-state index < -0.39 is 5.91 Å². The number of likely N-dealkylation sites (tertiary alicyclic amines) is 1. The van der Waals surface area contributed by atoms with E-state index in [1.165, 1.54) is 24.5 Å². The number of carbonyl (C=O) groups excluding carboxylic acids is 3. The molecule has 2 aromatic rings. The summed E-state index contributed by atoms with van der Waals surface area (Å²) in [5.41, 5.74) is 5.22. The van der Waals surface area contributed by atoms with E-state index in [-0.39, 0.29) is 35.4 Å². The van der Waals surface area contributed by atoms with Gasteiger partial charge in [-0.05, 0) is 18.6 Å². The van der Waals surface area contributed by atoms with Crippen LogP contribution in [0.25, 0.3) is 0 Å². The second-order valence-electron chi connectivity index (χ2n) is 6.74. The Morgan fingerprint density at radius 3 is 2.85 bits per heavy atom. The first kappa shape index (κ1) is 16.2. The van der Waals surface area contributed by atoms with Crippen LogP contribution in [-0.4, -0.2) is 51.4 Å². The summed E-state index contributed by atoms with van der Waals surface area (Å²) < 4.78 is 4.97. The van der Waals surface area contributed by atoms with Crippen molar-refractivity contribution < 1.29 is 18.9 Å². The van der Waals surface area contributed by atoms with Crippen molar-refractivity contribution in [1.29, 1.82) is 0 Å². The van der Waals surface area contributed by atoms with Crippen molar-refractivity contribution >= 4 is 17.7 Å². The summed E-state index contributed by atoms with van der Waals surface area (Å²) in [4.78, 5) is 41.5. The van der Waals surface area contributed by atoms with Gasteiger partial charge in [-0.25, -0.2) is 0 Å². The molecule has 4 rings (SSSR count). The number of piperidine rings is 1. The summed E-state index contributed by atoms with van der Waals surface area (Å²) in [6.45, 7) is 1.09. The van der Waals surface area contributed by atoms with Crippen LogP contribution in [0.2, 0.25) is 0 Å². The summed E-state index contributed by atoms with van der Waals surface area (Å²) >= 11 is 0. The fourth-order valence-corrected chi connectivity index (χ4v) is 3.43. The highest BCUT2D eigenvalue weighted by molar-refractivity contribution is 5.96. The molecule has 3 heterocycles. The molecule has 1 saturated heterocycles. The molecule has 2 atom stereocenters. The zero-order chi connectivity index (χ0) is 18.3. The lowest BCUT2D eigenvalue weighted by molar-refractivity contribution is -0.130. The van der Waals surface area contributed by atoms with Crippen LogP contribution in [0.4, 0.5) is 0 Å². The average Bonchev–Trinajstić information content (AvgIpc) is 2.98. The third-order valence-corrected chi connectivity index (χ3v) is 4.96. The van der Waals surface area contributed by atoms with Gasteiger partial charge in [0.2, 0.25) is 5.91 Å². The van der Waals surface area contributed by atoms with Crippen LogP contribution in [-0.2, 0) is 11.2 Å². The molecular weight excluding hydrogens is 338 g/mol. The third-order valence-electron chi connectivity index (χ3n) is 4.96. The summed E-state index contributed by atoms with van der Waals surface area (Å²) in [5.74, 6) is -0.192. The van der Waals surface area contributed by atoms with Crippen LogP contribution in [0.15, 0.2) is 35.1 Å². The molecule has 9 heteroatoms.